The number of phenolic OH excluding ortho intramolecular Hbond substituents is 1. The lowest BCUT2D eigenvalue weighted by molar-refractivity contribution is 0.476. The zero-order chi connectivity index (χ0) is 21.9. The van der Waals surface area contributed by atoms with Gasteiger partial charge in [0.15, 0.2) is 0 Å². The minimum Gasteiger partial charge on any atom is -0.508 e. The first kappa shape index (κ1) is 20.6. The second kappa shape index (κ2) is 9.08. The van der Waals surface area contributed by atoms with Crippen LogP contribution in [0.4, 0.5) is 5.69 Å². The van der Waals surface area contributed by atoms with E-state index in [1.54, 1.807) is 6.07 Å². The topological polar surface area (TPSA) is 23.5 Å². The number of nitrogens with zero attached hydrogens (tertiary/aromatic N) is 1. The van der Waals surface area contributed by atoms with E-state index in [2.05, 4.69) is 84.6 Å². The number of benzene rings is 4. The van der Waals surface area contributed by atoms with Gasteiger partial charge in [-0.25, -0.2) is 0 Å². The van der Waals surface area contributed by atoms with Crippen molar-refractivity contribution in [3.8, 4) is 5.75 Å². The zero-order valence-electron chi connectivity index (χ0n) is 18.7. The zero-order valence-corrected chi connectivity index (χ0v) is 18.7. The molecule has 1 N–H and O–H groups in total. The van der Waals surface area contributed by atoms with Crippen LogP contribution in [0.3, 0.4) is 0 Å². The fourth-order valence-corrected chi connectivity index (χ4v) is 5.34. The third kappa shape index (κ3) is 3.98. The number of aromatic hydroxyl groups is 1. The molecular weight excluding hydrogens is 390 g/mol. The summed E-state index contributed by atoms with van der Waals surface area (Å²) in [6.07, 6.45) is 4.98. The molecule has 5 rings (SSSR count). The van der Waals surface area contributed by atoms with Crippen LogP contribution in [0.15, 0.2) is 91.0 Å². The lowest BCUT2D eigenvalue weighted by Crippen LogP contribution is -2.26. The summed E-state index contributed by atoms with van der Waals surface area (Å²) < 4.78 is 0. The summed E-state index contributed by atoms with van der Waals surface area (Å²) in [5, 5.41) is 12.2. The van der Waals surface area contributed by atoms with E-state index < -0.39 is 0 Å². The van der Waals surface area contributed by atoms with Crippen molar-refractivity contribution in [3.05, 3.63) is 108 Å². The highest BCUT2D eigenvalue weighted by molar-refractivity contribution is 5.85. The summed E-state index contributed by atoms with van der Waals surface area (Å²) in [7, 11) is 0. The number of unbranched alkanes of at least 4 members (excludes halogenated alkanes) is 2. The number of para-hydroxylation sites is 1. The third-order valence-corrected chi connectivity index (χ3v) is 6.87. The molecule has 2 unspecified atom stereocenters. The van der Waals surface area contributed by atoms with E-state index in [9.17, 15) is 5.11 Å². The first-order valence-electron chi connectivity index (χ1n) is 11.9. The Balaban J connectivity index is 1.60. The summed E-state index contributed by atoms with van der Waals surface area (Å²) in [6.45, 7) is 3.18. The van der Waals surface area contributed by atoms with E-state index >= 15 is 0 Å². The van der Waals surface area contributed by atoms with Crippen LogP contribution in [0.2, 0.25) is 0 Å². The molecule has 0 aliphatic carbocycles. The maximum Gasteiger partial charge on any atom is 0.116 e. The Morgan fingerprint density at radius 2 is 1.53 bits per heavy atom. The molecule has 4 aromatic rings. The third-order valence-electron chi connectivity index (χ3n) is 6.87. The standard InChI is InChI=1S/C30H31NO/c1-2-3-5-13-28-27-12-8-9-14-29(27)31(21-22-10-6-4-7-11-22)30(28)25-16-15-24-20-26(32)18-17-23(24)19-25/h4,6-12,14-20,28,30,32H,2-3,5,13,21H2,1H3. The highest BCUT2D eigenvalue weighted by Crippen LogP contribution is 2.52. The van der Waals surface area contributed by atoms with Gasteiger partial charge in [-0.15, -0.1) is 0 Å². The van der Waals surface area contributed by atoms with Gasteiger partial charge in [-0.05, 0) is 58.1 Å². The van der Waals surface area contributed by atoms with Crippen molar-refractivity contribution in [2.75, 3.05) is 4.90 Å². The number of rotatable bonds is 7. The van der Waals surface area contributed by atoms with Crippen LogP contribution in [0.25, 0.3) is 10.8 Å². The van der Waals surface area contributed by atoms with E-state index in [4.69, 9.17) is 0 Å². The number of hydrogen-bond donors (Lipinski definition) is 1. The molecule has 2 nitrogen and oxygen atoms in total. The van der Waals surface area contributed by atoms with E-state index in [1.807, 2.05) is 12.1 Å². The van der Waals surface area contributed by atoms with Crippen molar-refractivity contribution in [1.29, 1.82) is 0 Å². The molecule has 0 aromatic heterocycles. The number of phenols is 1. The van der Waals surface area contributed by atoms with Crippen LogP contribution < -0.4 is 4.90 Å². The van der Waals surface area contributed by atoms with Gasteiger partial charge in [-0.3, -0.25) is 0 Å². The average molecular weight is 422 g/mol. The lowest BCUT2D eigenvalue weighted by atomic mass is 9.85. The van der Waals surface area contributed by atoms with Gasteiger partial charge in [0.2, 0.25) is 0 Å². The van der Waals surface area contributed by atoms with E-state index in [0.717, 1.165) is 11.9 Å². The van der Waals surface area contributed by atoms with Gasteiger partial charge in [0.1, 0.15) is 5.75 Å². The Morgan fingerprint density at radius 3 is 2.38 bits per heavy atom. The lowest BCUT2D eigenvalue weighted by Gasteiger charge is -2.31. The smallest absolute Gasteiger partial charge is 0.116 e. The number of fused-ring (bicyclic) bond motifs is 2. The molecule has 0 bridgehead atoms. The summed E-state index contributed by atoms with van der Waals surface area (Å²) in [5.41, 5.74) is 5.55. The molecule has 1 aliphatic rings. The van der Waals surface area contributed by atoms with Crippen molar-refractivity contribution < 1.29 is 5.11 Å². The first-order valence-corrected chi connectivity index (χ1v) is 11.9. The number of anilines is 1. The van der Waals surface area contributed by atoms with Gasteiger partial charge >= 0.3 is 0 Å². The summed E-state index contributed by atoms with van der Waals surface area (Å²) >= 11 is 0. The van der Waals surface area contributed by atoms with Crippen LogP contribution in [0, 0.1) is 0 Å². The summed E-state index contributed by atoms with van der Waals surface area (Å²) in [5.74, 6) is 0.803. The average Bonchev–Trinajstić information content (AvgIpc) is 3.13. The highest BCUT2D eigenvalue weighted by Gasteiger charge is 2.38. The molecule has 0 fully saturated rings. The van der Waals surface area contributed by atoms with Gasteiger partial charge in [0.25, 0.3) is 0 Å². The normalized spacial score (nSPS) is 17.6. The molecule has 0 saturated heterocycles. The summed E-state index contributed by atoms with van der Waals surface area (Å²) in [6, 6.07) is 32.5. The van der Waals surface area contributed by atoms with Crippen molar-refractivity contribution in [2.24, 2.45) is 0 Å². The van der Waals surface area contributed by atoms with Crippen LogP contribution in [0.5, 0.6) is 5.75 Å². The number of hydrogen-bond acceptors (Lipinski definition) is 2. The van der Waals surface area contributed by atoms with Crippen LogP contribution >= 0.6 is 0 Å². The maximum atomic E-state index is 9.89. The molecule has 162 valence electrons. The Kier molecular flexibility index (Phi) is 5.85. The Morgan fingerprint density at radius 1 is 0.781 bits per heavy atom. The molecule has 4 aromatic carbocycles. The van der Waals surface area contributed by atoms with E-state index in [-0.39, 0.29) is 0 Å². The second-order valence-electron chi connectivity index (χ2n) is 9.01. The molecule has 1 heterocycles. The SMILES string of the molecule is CCCCCC1c2ccccc2N(Cc2ccccc2)C1c1ccc2cc(O)ccc2c1. The van der Waals surface area contributed by atoms with Crippen LogP contribution in [-0.4, -0.2) is 5.11 Å². The van der Waals surface area contributed by atoms with Gasteiger partial charge in [-0.1, -0.05) is 92.9 Å². The minimum absolute atomic E-state index is 0.308. The second-order valence-corrected chi connectivity index (χ2v) is 9.01. The molecule has 0 saturated carbocycles. The Labute approximate surface area is 191 Å². The molecule has 0 spiro atoms. The van der Waals surface area contributed by atoms with Gasteiger partial charge in [0.05, 0.1) is 6.04 Å². The van der Waals surface area contributed by atoms with Crippen molar-refractivity contribution >= 4 is 16.5 Å². The van der Waals surface area contributed by atoms with E-state index in [1.165, 1.54) is 53.4 Å². The van der Waals surface area contributed by atoms with Crippen LogP contribution in [0.1, 0.15) is 61.3 Å². The quantitative estimate of drug-likeness (QED) is 0.306. The highest BCUT2D eigenvalue weighted by atomic mass is 16.3. The van der Waals surface area contributed by atoms with Crippen molar-refractivity contribution in [3.63, 3.8) is 0 Å². The molecule has 0 amide bonds. The van der Waals surface area contributed by atoms with Gasteiger partial charge < -0.3 is 10.0 Å². The van der Waals surface area contributed by atoms with E-state index in [0.29, 0.717) is 17.7 Å². The molecular formula is C30H31NO. The Hall–Kier alpha value is -3.26. The first-order chi connectivity index (χ1) is 15.7. The molecule has 0 radical (unpaired) electrons. The van der Waals surface area contributed by atoms with Gasteiger partial charge in [-0.2, -0.15) is 0 Å². The molecule has 1 aliphatic heterocycles. The largest absolute Gasteiger partial charge is 0.508 e. The van der Waals surface area contributed by atoms with Crippen molar-refractivity contribution in [1.82, 2.24) is 0 Å². The Bertz CT molecular complexity index is 1200. The molecule has 2 heteroatoms. The summed E-state index contributed by atoms with van der Waals surface area (Å²) in [4.78, 5) is 2.61. The van der Waals surface area contributed by atoms with Crippen molar-refractivity contribution in [2.45, 2.75) is 51.1 Å². The monoisotopic (exact) mass is 421 g/mol. The van der Waals surface area contributed by atoms with Crippen LogP contribution in [-0.2, 0) is 6.54 Å². The van der Waals surface area contributed by atoms with Gasteiger partial charge in [0, 0.05) is 18.2 Å². The minimum atomic E-state index is 0.308. The fourth-order valence-electron chi connectivity index (χ4n) is 5.34. The predicted octanol–water partition coefficient (Wildman–Crippen LogP) is 7.97. The fraction of sp³-hybridized carbons (Fsp3) is 0.267. The molecule has 32 heavy (non-hydrogen) atoms. The molecule has 2 atom stereocenters. The predicted molar refractivity (Wildman–Crippen MR) is 134 cm³/mol. The maximum absolute atomic E-state index is 9.89.